The molecule has 0 atom stereocenters. The van der Waals surface area contributed by atoms with Gasteiger partial charge in [0.2, 0.25) is 10.6 Å². The van der Waals surface area contributed by atoms with E-state index in [0.717, 1.165) is 25.0 Å². The van der Waals surface area contributed by atoms with Crippen LogP contribution >= 0.6 is 23.2 Å². The van der Waals surface area contributed by atoms with Gasteiger partial charge in [0.25, 0.3) is 0 Å². The van der Waals surface area contributed by atoms with E-state index in [2.05, 4.69) is 26.5 Å². The van der Waals surface area contributed by atoms with Gasteiger partial charge in [0.1, 0.15) is 0 Å². The number of hydrogen-bond acceptors (Lipinski definition) is 5. The first-order valence-corrected chi connectivity index (χ1v) is 10.2. The van der Waals surface area contributed by atoms with E-state index in [-0.39, 0.29) is 16.6 Å². The minimum Gasteiger partial charge on any atom is -0.340 e. The van der Waals surface area contributed by atoms with Gasteiger partial charge in [-0.2, -0.15) is 15.0 Å². The summed E-state index contributed by atoms with van der Waals surface area (Å²) in [6.45, 7) is 0. The molecule has 0 bridgehead atoms. The smallest absolute Gasteiger partial charge is 0.340 e. The topological polar surface area (TPSA) is 59.9 Å². The summed E-state index contributed by atoms with van der Waals surface area (Å²) < 4.78 is 0. The first-order chi connectivity index (χ1) is 12.2. The lowest BCUT2D eigenvalue weighted by Crippen LogP contribution is -2.19. The maximum Gasteiger partial charge on any atom is 0.348 e. The number of halogens is 2. The largest absolute Gasteiger partial charge is 0.348 e. The summed E-state index contributed by atoms with van der Waals surface area (Å²) in [5.41, 5.74) is 4.05. The molecule has 1 aliphatic carbocycles. The molecule has 0 aromatic carbocycles. The first kappa shape index (κ1) is 20.2. The molecule has 1 aromatic heterocycles. The van der Waals surface area contributed by atoms with E-state index in [0.29, 0.717) is 0 Å². The van der Waals surface area contributed by atoms with Gasteiger partial charge >= 0.3 is 6.01 Å². The summed E-state index contributed by atoms with van der Waals surface area (Å²) in [5, 5.41) is 0.0423. The Hall–Kier alpha value is -1.07. The predicted molar refractivity (Wildman–Crippen MR) is 102 cm³/mol. The van der Waals surface area contributed by atoms with Gasteiger partial charge in [0.15, 0.2) is 0 Å². The van der Waals surface area contributed by atoms with Gasteiger partial charge in [-0.15, -0.1) is 0 Å². The third kappa shape index (κ3) is 9.26. The molecule has 140 valence electrons. The number of aromatic nitrogens is 3. The molecule has 0 fully saturated rings. The SMILES string of the molecule is Clc1nc(Cl)nc(ONC2=CCCCCCCCCCCCCC2)n1. The van der Waals surface area contributed by atoms with Crippen LogP contribution in [0.1, 0.15) is 83.5 Å². The number of hydrogen-bond donors (Lipinski definition) is 1. The third-order valence-electron chi connectivity index (χ3n) is 4.37. The van der Waals surface area contributed by atoms with E-state index < -0.39 is 0 Å². The van der Waals surface area contributed by atoms with Crippen LogP contribution in [0.5, 0.6) is 6.01 Å². The number of rotatable bonds is 3. The monoisotopic (exact) mass is 386 g/mol. The zero-order valence-corrected chi connectivity index (χ0v) is 16.3. The van der Waals surface area contributed by atoms with Crippen molar-refractivity contribution in [3.63, 3.8) is 0 Å². The van der Waals surface area contributed by atoms with E-state index in [1.165, 1.54) is 64.2 Å². The predicted octanol–water partition coefficient (Wildman–Crippen LogP) is 6.03. The van der Waals surface area contributed by atoms with Gasteiger partial charge in [0, 0.05) is 5.70 Å². The van der Waals surface area contributed by atoms with Crippen LogP contribution in [0.15, 0.2) is 11.8 Å². The lowest BCUT2D eigenvalue weighted by atomic mass is 10.1. The van der Waals surface area contributed by atoms with Gasteiger partial charge in [-0.1, -0.05) is 63.9 Å². The van der Waals surface area contributed by atoms with Gasteiger partial charge < -0.3 is 4.84 Å². The summed E-state index contributed by atoms with van der Waals surface area (Å²) in [6, 6.07) is 0.0850. The third-order valence-corrected chi connectivity index (χ3v) is 4.71. The van der Waals surface area contributed by atoms with E-state index in [9.17, 15) is 0 Å². The highest BCUT2D eigenvalue weighted by molar-refractivity contribution is 6.31. The van der Waals surface area contributed by atoms with Crippen LogP contribution in [0, 0.1) is 0 Å². The fraction of sp³-hybridized carbons (Fsp3) is 0.722. The molecule has 0 amide bonds. The Morgan fingerprint density at radius 1 is 0.720 bits per heavy atom. The molecule has 1 aromatic rings. The zero-order valence-electron chi connectivity index (χ0n) is 14.8. The Balaban J connectivity index is 1.85. The number of nitrogens with zero attached hydrogens (tertiary/aromatic N) is 3. The highest BCUT2D eigenvalue weighted by Crippen LogP contribution is 2.17. The average Bonchev–Trinajstić information content (AvgIpc) is 2.58. The Labute approximate surface area is 160 Å². The maximum absolute atomic E-state index is 5.77. The minimum atomic E-state index is 0.0212. The number of hydroxylamine groups is 1. The summed E-state index contributed by atoms with van der Waals surface area (Å²) in [6.07, 6.45) is 18.7. The van der Waals surface area contributed by atoms with Crippen LogP contribution < -0.4 is 10.3 Å². The van der Waals surface area contributed by atoms with Crippen molar-refractivity contribution in [1.29, 1.82) is 0 Å². The fourth-order valence-corrected chi connectivity index (χ4v) is 3.34. The molecule has 2 rings (SSSR count). The second-order valence-corrected chi connectivity index (χ2v) is 7.19. The summed E-state index contributed by atoms with van der Waals surface area (Å²) in [5.74, 6) is 0. The molecule has 0 aliphatic heterocycles. The Morgan fingerprint density at radius 3 is 1.84 bits per heavy atom. The number of nitrogens with one attached hydrogen (secondary N) is 1. The van der Waals surface area contributed by atoms with E-state index in [1.807, 2.05) is 0 Å². The lowest BCUT2D eigenvalue weighted by molar-refractivity contribution is 0.202. The molecule has 0 unspecified atom stereocenters. The van der Waals surface area contributed by atoms with Gasteiger partial charge in [-0.3, -0.25) is 0 Å². The van der Waals surface area contributed by atoms with Crippen molar-refractivity contribution in [2.75, 3.05) is 0 Å². The van der Waals surface area contributed by atoms with Crippen LogP contribution in [0.4, 0.5) is 0 Å². The molecule has 1 aliphatic rings. The van der Waals surface area contributed by atoms with Crippen molar-refractivity contribution in [3.8, 4) is 6.01 Å². The van der Waals surface area contributed by atoms with E-state index >= 15 is 0 Å². The second-order valence-electron chi connectivity index (χ2n) is 6.52. The molecular weight excluding hydrogens is 359 g/mol. The highest BCUT2D eigenvalue weighted by Gasteiger charge is 2.06. The Kier molecular flexibility index (Phi) is 9.97. The first-order valence-electron chi connectivity index (χ1n) is 9.43. The van der Waals surface area contributed by atoms with Crippen molar-refractivity contribution in [2.24, 2.45) is 0 Å². The highest BCUT2D eigenvalue weighted by atomic mass is 35.5. The van der Waals surface area contributed by atoms with Crippen molar-refractivity contribution >= 4 is 23.2 Å². The molecular formula is C18H28Cl2N4O. The second kappa shape index (κ2) is 12.3. The molecule has 1 heterocycles. The lowest BCUT2D eigenvalue weighted by Gasteiger charge is -2.11. The van der Waals surface area contributed by atoms with Crippen LogP contribution in [0.3, 0.4) is 0 Å². The zero-order chi connectivity index (χ0) is 17.7. The van der Waals surface area contributed by atoms with Crippen LogP contribution in [0.25, 0.3) is 0 Å². The van der Waals surface area contributed by atoms with E-state index in [4.69, 9.17) is 28.0 Å². The van der Waals surface area contributed by atoms with Gasteiger partial charge in [-0.25, -0.2) is 5.48 Å². The Morgan fingerprint density at radius 2 is 1.24 bits per heavy atom. The molecule has 0 spiro atoms. The van der Waals surface area contributed by atoms with Crippen molar-refractivity contribution in [1.82, 2.24) is 20.4 Å². The van der Waals surface area contributed by atoms with Crippen LogP contribution in [-0.4, -0.2) is 15.0 Å². The summed E-state index contributed by atoms with van der Waals surface area (Å²) in [4.78, 5) is 17.0. The fourth-order valence-electron chi connectivity index (χ4n) is 2.99. The van der Waals surface area contributed by atoms with Gasteiger partial charge in [-0.05, 0) is 48.9 Å². The van der Waals surface area contributed by atoms with Gasteiger partial charge in [0.05, 0.1) is 0 Å². The van der Waals surface area contributed by atoms with Crippen LogP contribution in [-0.2, 0) is 0 Å². The molecule has 5 nitrogen and oxygen atoms in total. The molecule has 7 heteroatoms. The summed E-state index contributed by atoms with van der Waals surface area (Å²) >= 11 is 11.5. The van der Waals surface area contributed by atoms with Crippen LogP contribution in [0.2, 0.25) is 10.6 Å². The molecule has 0 saturated carbocycles. The molecule has 0 radical (unpaired) electrons. The minimum absolute atomic E-state index is 0.0212. The molecule has 25 heavy (non-hydrogen) atoms. The summed E-state index contributed by atoms with van der Waals surface area (Å²) in [7, 11) is 0. The van der Waals surface area contributed by atoms with Crippen molar-refractivity contribution < 1.29 is 4.84 Å². The van der Waals surface area contributed by atoms with E-state index in [1.54, 1.807) is 0 Å². The molecule has 1 N–H and O–H groups in total. The number of allylic oxidation sites excluding steroid dienone is 2. The van der Waals surface area contributed by atoms with Crippen molar-refractivity contribution in [2.45, 2.75) is 83.5 Å². The standard InChI is InChI=1S/C18H28Cl2N4O/c19-16-21-17(20)23-18(22-16)25-24-15-13-11-9-7-5-3-1-2-4-6-8-10-12-14-15/h13,24H,1-12,14H2. The normalized spacial score (nSPS) is 18.6. The molecule has 0 saturated heterocycles. The Bertz CT molecular complexity index is 520. The average molecular weight is 387 g/mol. The quantitative estimate of drug-likeness (QED) is 0.642. The van der Waals surface area contributed by atoms with Crippen molar-refractivity contribution in [3.05, 3.63) is 22.3 Å². The maximum atomic E-state index is 5.77.